The van der Waals surface area contributed by atoms with E-state index in [-0.39, 0.29) is 18.3 Å². The molecule has 0 unspecified atom stereocenters. The molecule has 0 aliphatic carbocycles. The molecule has 134 valence electrons. The van der Waals surface area contributed by atoms with E-state index in [1.807, 2.05) is 38.1 Å². The lowest BCUT2D eigenvalue weighted by molar-refractivity contribution is -0.118. The first-order chi connectivity index (χ1) is 12.5. The largest absolute Gasteiger partial charge is 0.480 e. The van der Waals surface area contributed by atoms with Crippen LogP contribution in [0, 0.1) is 29.8 Å². The van der Waals surface area contributed by atoms with Crippen LogP contribution in [0.25, 0.3) is 0 Å². The van der Waals surface area contributed by atoms with E-state index in [0.29, 0.717) is 5.16 Å². The molecule has 2 aromatic rings. The fraction of sp³-hybridized carbons (Fsp3) is 0.222. The summed E-state index contributed by atoms with van der Waals surface area (Å²) in [7, 11) is 0. The third-order valence-electron chi connectivity index (χ3n) is 2.96. The Labute approximate surface area is 170 Å². The minimum absolute atomic E-state index is 0.191. The molecule has 0 bridgehead atoms. The molecular formula is C18H17IN4O2S. The number of hydrazone groups is 1. The van der Waals surface area contributed by atoms with Crippen molar-refractivity contribution in [3.05, 3.63) is 44.8 Å². The number of carbonyl (C=O) groups excluding carboxylic acids is 1. The van der Waals surface area contributed by atoms with E-state index in [0.717, 1.165) is 26.3 Å². The highest BCUT2D eigenvalue weighted by Gasteiger charge is 2.05. The summed E-state index contributed by atoms with van der Waals surface area (Å²) in [5, 5.41) is 4.55. The van der Waals surface area contributed by atoms with E-state index in [1.165, 1.54) is 11.8 Å². The van der Waals surface area contributed by atoms with Crippen LogP contribution in [-0.4, -0.2) is 34.4 Å². The molecule has 1 heterocycles. The SMILES string of the molecule is C#CCOc1ccc(/C=N\NC(=O)CSc2nc(C)cc(C)n2)cc1I. The topological polar surface area (TPSA) is 76.5 Å². The molecule has 0 saturated carbocycles. The van der Waals surface area contributed by atoms with Crippen molar-refractivity contribution in [2.75, 3.05) is 12.4 Å². The minimum Gasteiger partial charge on any atom is -0.480 e. The molecule has 0 atom stereocenters. The molecule has 0 saturated heterocycles. The molecule has 0 aliphatic rings. The summed E-state index contributed by atoms with van der Waals surface area (Å²) >= 11 is 3.43. The van der Waals surface area contributed by atoms with Gasteiger partial charge in [0.1, 0.15) is 12.4 Å². The first-order valence-corrected chi connectivity index (χ1v) is 9.67. The molecule has 0 radical (unpaired) electrons. The molecular weight excluding hydrogens is 463 g/mol. The quantitative estimate of drug-likeness (QED) is 0.165. The van der Waals surface area contributed by atoms with Crippen LogP contribution in [0.1, 0.15) is 17.0 Å². The summed E-state index contributed by atoms with van der Waals surface area (Å²) in [6.07, 6.45) is 6.75. The number of amides is 1. The fourth-order valence-electron chi connectivity index (χ4n) is 1.93. The summed E-state index contributed by atoms with van der Waals surface area (Å²) < 4.78 is 6.31. The number of carbonyl (C=O) groups is 1. The van der Waals surface area contributed by atoms with Gasteiger partial charge in [-0.15, -0.1) is 6.42 Å². The highest BCUT2D eigenvalue weighted by atomic mass is 127. The summed E-state index contributed by atoms with van der Waals surface area (Å²) in [5.41, 5.74) is 5.09. The molecule has 1 N–H and O–H groups in total. The molecule has 6 nitrogen and oxygen atoms in total. The van der Waals surface area contributed by atoms with Crippen LogP contribution in [0.2, 0.25) is 0 Å². The molecule has 1 aromatic carbocycles. The predicted molar refractivity (Wildman–Crippen MR) is 111 cm³/mol. The van der Waals surface area contributed by atoms with Crippen molar-refractivity contribution in [3.8, 4) is 18.1 Å². The average Bonchev–Trinajstić information content (AvgIpc) is 2.58. The van der Waals surface area contributed by atoms with E-state index in [1.54, 1.807) is 6.21 Å². The smallest absolute Gasteiger partial charge is 0.250 e. The predicted octanol–water partition coefficient (Wildman–Crippen LogP) is 2.95. The van der Waals surface area contributed by atoms with Crippen LogP contribution in [0.5, 0.6) is 5.75 Å². The number of hydrogen-bond acceptors (Lipinski definition) is 6. The van der Waals surface area contributed by atoms with Gasteiger partial charge in [-0.1, -0.05) is 17.7 Å². The van der Waals surface area contributed by atoms with Crippen molar-refractivity contribution in [1.29, 1.82) is 0 Å². The normalized spacial score (nSPS) is 10.5. The Morgan fingerprint density at radius 1 is 1.38 bits per heavy atom. The van der Waals surface area contributed by atoms with Gasteiger partial charge in [-0.05, 0) is 66.3 Å². The third kappa shape index (κ3) is 6.65. The number of aromatic nitrogens is 2. The number of ether oxygens (including phenoxy) is 1. The molecule has 26 heavy (non-hydrogen) atoms. The maximum atomic E-state index is 11.9. The number of hydrogen-bond donors (Lipinski definition) is 1. The Morgan fingerprint density at radius 2 is 2.12 bits per heavy atom. The van der Waals surface area contributed by atoms with Gasteiger partial charge in [0.2, 0.25) is 0 Å². The summed E-state index contributed by atoms with van der Waals surface area (Å²) in [5.74, 6) is 3.11. The number of halogens is 1. The van der Waals surface area contributed by atoms with Gasteiger partial charge in [0, 0.05) is 11.4 Å². The van der Waals surface area contributed by atoms with E-state index in [9.17, 15) is 4.79 Å². The molecule has 1 aromatic heterocycles. The Bertz CT molecular complexity index is 845. The zero-order valence-electron chi connectivity index (χ0n) is 14.3. The second-order valence-electron chi connectivity index (χ2n) is 5.20. The van der Waals surface area contributed by atoms with Crippen molar-refractivity contribution in [2.45, 2.75) is 19.0 Å². The van der Waals surface area contributed by atoms with Crippen molar-refractivity contribution < 1.29 is 9.53 Å². The van der Waals surface area contributed by atoms with E-state index < -0.39 is 0 Å². The van der Waals surface area contributed by atoms with Crippen molar-refractivity contribution in [2.24, 2.45) is 5.10 Å². The minimum atomic E-state index is -0.224. The summed E-state index contributed by atoms with van der Waals surface area (Å²) in [6, 6.07) is 7.43. The third-order valence-corrected chi connectivity index (χ3v) is 4.65. The van der Waals surface area contributed by atoms with Crippen molar-refractivity contribution >= 4 is 46.5 Å². The number of thioether (sulfide) groups is 1. The molecule has 1 amide bonds. The highest BCUT2D eigenvalue weighted by Crippen LogP contribution is 2.21. The van der Waals surface area contributed by atoms with Gasteiger partial charge in [0.05, 0.1) is 15.5 Å². The van der Waals surface area contributed by atoms with Crippen molar-refractivity contribution in [3.63, 3.8) is 0 Å². The monoisotopic (exact) mass is 480 g/mol. The summed E-state index contributed by atoms with van der Waals surface area (Å²) in [4.78, 5) is 20.4. The fourth-order valence-corrected chi connectivity index (χ4v) is 3.37. The van der Waals surface area contributed by atoms with Gasteiger partial charge < -0.3 is 4.74 Å². The second-order valence-corrected chi connectivity index (χ2v) is 7.30. The van der Waals surface area contributed by atoms with E-state index in [2.05, 4.69) is 49.0 Å². The Balaban J connectivity index is 1.84. The maximum Gasteiger partial charge on any atom is 0.250 e. The average molecular weight is 480 g/mol. The summed E-state index contributed by atoms with van der Waals surface area (Å²) in [6.45, 7) is 4.02. The van der Waals surface area contributed by atoms with Crippen LogP contribution in [0.3, 0.4) is 0 Å². The van der Waals surface area contributed by atoms with Crippen LogP contribution >= 0.6 is 34.4 Å². The molecule has 0 spiro atoms. The van der Waals surface area contributed by atoms with Gasteiger partial charge >= 0.3 is 0 Å². The molecule has 0 aliphatic heterocycles. The molecule has 0 fully saturated rings. The lowest BCUT2D eigenvalue weighted by Gasteiger charge is -2.05. The molecule has 2 rings (SSSR count). The lowest BCUT2D eigenvalue weighted by Crippen LogP contribution is -2.19. The van der Waals surface area contributed by atoms with Crippen LogP contribution in [0.15, 0.2) is 34.5 Å². The zero-order chi connectivity index (χ0) is 18.9. The Kier molecular flexibility index (Phi) is 7.87. The first-order valence-electron chi connectivity index (χ1n) is 7.60. The number of benzene rings is 1. The maximum absolute atomic E-state index is 11.9. The van der Waals surface area contributed by atoms with Gasteiger partial charge in [0.25, 0.3) is 5.91 Å². The zero-order valence-corrected chi connectivity index (χ0v) is 17.3. The van der Waals surface area contributed by atoms with Gasteiger partial charge in [-0.25, -0.2) is 15.4 Å². The van der Waals surface area contributed by atoms with E-state index in [4.69, 9.17) is 11.2 Å². The van der Waals surface area contributed by atoms with Crippen LogP contribution in [-0.2, 0) is 4.79 Å². The van der Waals surface area contributed by atoms with Crippen LogP contribution < -0.4 is 10.2 Å². The number of nitrogens with zero attached hydrogens (tertiary/aromatic N) is 3. The lowest BCUT2D eigenvalue weighted by atomic mass is 10.2. The number of aryl methyl sites for hydroxylation is 2. The Hall–Kier alpha value is -2.12. The first kappa shape index (κ1) is 20.2. The van der Waals surface area contributed by atoms with Gasteiger partial charge in [-0.3, -0.25) is 4.79 Å². The molecule has 8 heteroatoms. The highest BCUT2D eigenvalue weighted by molar-refractivity contribution is 14.1. The number of nitrogens with one attached hydrogen (secondary N) is 1. The number of rotatable bonds is 7. The van der Waals surface area contributed by atoms with Gasteiger partial charge in [-0.2, -0.15) is 5.10 Å². The van der Waals surface area contributed by atoms with Crippen LogP contribution in [0.4, 0.5) is 0 Å². The number of terminal acetylenes is 1. The Morgan fingerprint density at radius 3 is 2.77 bits per heavy atom. The van der Waals surface area contributed by atoms with E-state index >= 15 is 0 Å². The second kappa shape index (κ2) is 10.1. The standard InChI is InChI=1S/C18H17IN4O2S/c1-4-7-25-16-6-5-14(9-15(16)19)10-20-23-17(24)11-26-18-21-12(2)8-13(3)22-18/h1,5-6,8-10H,7,11H2,2-3H3,(H,23,24)/b20-10-. The van der Waals surface area contributed by atoms with Gasteiger partial charge in [0.15, 0.2) is 5.16 Å². The van der Waals surface area contributed by atoms with Crippen molar-refractivity contribution in [1.82, 2.24) is 15.4 Å².